The van der Waals surface area contributed by atoms with Gasteiger partial charge in [-0.1, -0.05) is 0 Å². The molecule has 0 radical (unpaired) electrons. The summed E-state index contributed by atoms with van der Waals surface area (Å²) in [6.07, 6.45) is 0. The lowest BCUT2D eigenvalue weighted by Crippen LogP contribution is -2.16. The summed E-state index contributed by atoms with van der Waals surface area (Å²) in [6.45, 7) is 0. The van der Waals surface area contributed by atoms with Crippen LogP contribution in [0.1, 0.15) is 19.3 Å². The van der Waals surface area contributed by atoms with Crippen LogP contribution in [0, 0.1) is 0 Å². The van der Waals surface area contributed by atoms with Crippen LogP contribution in [-0.4, -0.2) is 33.1 Å². The van der Waals surface area contributed by atoms with Crippen LogP contribution in [-0.2, 0) is 4.74 Å². The molecule has 1 rings (SSSR count). The normalized spacial score (nSPS) is 9.53. The second-order valence-electron chi connectivity index (χ2n) is 2.58. The van der Waals surface area contributed by atoms with Gasteiger partial charge in [-0.25, -0.2) is 4.79 Å². The molecule has 0 aliphatic rings. The van der Waals surface area contributed by atoms with E-state index in [1.807, 2.05) is 0 Å². The molecular weight excluding hydrogens is 218 g/mol. The molecule has 0 unspecified atom stereocenters. The fourth-order valence-corrected chi connectivity index (χ4v) is 1.99. The molecule has 0 atom stereocenters. The number of thiophene rings is 1. The predicted molar refractivity (Wildman–Crippen MR) is 55.6 cm³/mol. The summed E-state index contributed by atoms with van der Waals surface area (Å²) in [5.74, 6) is -0.411. The van der Waals surface area contributed by atoms with Crippen molar-refractivity contribution in [1.82, 2.24) is 5.32 Å². The SMILES string of the molecule is CNC(=O)c1cc(OC)c(C(=O)OC)s1. The minimum atomic E-state index is -0.507. The third-order valence-electron chi connectivity index (χ3n) is 1.74. The maximum absolute atomic E-state index is 11.3. The monoisotopic (exact) mass is 229 g/mol. The number of ether oxygens (including phenoxy) is 2. The molecule has 0 aliphatic carbocycles. The lowest BCUT2D eigenvalue weighted by atomic mass is 10.3. The van der Waals surface area contributed by atoms with Gasteiger partial charge in [-0.15, -0.1) is 11.3 Å². The van der Waals surface area contributed by atoms with E-state index < -0.39 is 5.97 Å². The first-order valence-electron chi connectivity index (χ1n) is 4.12. The molecule has 1 aromatic rings. The Labute approximate surface area is 91.0 Å². The number of hydrogen-bond donors (Lipinski definition) is 1. The molecule has 1 aromatic heterocycles. The van der Waals surface area contributed by atoms with E-state index >= 15 is 0 Å². The molecule has 82 valence electrons. The van der Waals surface area contributed by atoms with Gasteiger partial charge in [0.2, 0.25) is 0 Å². The molecule has 1 heterocycles. The molecule has 0 saturated carbocycles. The Kier molecular flexibility index (Phi) is 3.68. The minimum absolute atomic E-state index is 0.256. The Morgan fingerprint density at radius 2 is 2.07 bits per heavy atom. The van der Waals surface area contributed by atoms with Crippen LogP contribution in [0.2, 0.25) is 0 Å². The maximum atomic E-state index is 11.3. The van der Waals surface area contributed by atoms with Crippen LogP contribution in [0.3, 0.4) is 0 Å². The molecule has 0 bridgehead atoms. The van der Waals surface area contributed by atoms with Crippen molar-refractivity contribution in [2.45, 2.75) is 0 Å². The van der Waals surface area contributed by atoms with Crippen molar-refractivity contribution in [3.63, 3.8) is 0 Å². The van der Waals surface area contributed by atoms with Gasteiger partial charge in [0, 0.05) is 13.1 Å². The zero-order valence-electron chi connectivity index (χ0n) is 8.62. The highest BCUT2D eigenvalue weighted by molar-refractivity contribution is 7.16. The van der Waals surface area contributed by atoms with Crippen LogP contribution in [0.5, 0.6) is 5.75 Å². The predicted octanol–water partition coefficient (Wildman–Crippen LogP) is 0.903. The van der Waals surface area contributed by atoms with Gasteiger partial charge >= 0.3 is 5.97 Å². The van der Waals surface area contributed by atoms with E-state index in [1.165, 1.54) is 27.3 Å². The largest absolute Gasteiger partial charge is 0.495 e. The molecule has 0 aromatic carbocycles. The van der Waals surface area contributed by atoms with Gasteiger partial charge in [0.25, 0.3) is 5.91 Å². The van der Waals surface area contributed by atoms with Gasteiger partial charge in [0.15, 0.2) is 4.88 Å². The van der Waals surface area contributed by atoms with Gasteiger partial charge in [-0.3, -0.25) is 4.79 Å². The first-order chi connectivity index (χ1) is 7.13. The maximum Gasteiger partial charge on any atom is 0.351 e. The standard InChI is InChI=1S/C9H11NO4S/c1-10-8(11)6-4-5(13-2)7(15-6)9(12)14-3/h4H,1-3H3,(H,10,11). The summed E-state index contributed by atoms with van der Waals surface area (Å²) in [5, 5.41) is 2.47. The van der Waals surface area contributed by atoms with E-state index in [4.69, 9.17) is 4.74 Å². The first kappa shape index (κ1) is 11.5. The van der Waals surface area contributed by atoms with Gasteiger partial charge in [-0.05, 0) is 0 Å². The van der Waals surface area contributed by atoms with E-state index in [2.05, 4.69) is 10.1 Å². The number of amides is 1. The number of esters is 1. The van der Waals surface area contributed by atoms with Gasteiger partial charge < -0.3 is 14.8 Å². The fraction of sp³-hybridized carbons (Fsp3) is 0.333. The zero-order valence-corrected chi connectivity index (χ0v) is 9.44. The van der Waals surface area contributed by atoms with Crippen molar-refractivity contribution in [3.8, 4) is 5.75 Å². The van der Waals surface area contributed by atoms with Gasteiger partial charge in [-0.2, -0.15) is 0 Å². The summed E-state index contributed by atoms with van der Waals surface area (Å²) < 4.78 is 9.54. The highest BCUT2D eigenvalue weighted by Gasteiger charge is 2.20. The van der Waals surface area contributed by atoms with Crippen LogP contribution in [0.4, 0.5) is 0 Å². The van der Waals surface area contributed by atoms with E-state index in [9.17, 15) is 9.59 Å². The van der Waals surface area contributed by atoms with Crippen molar-refractivity contribution < 1.29 is 19.1 Å². The van der Waals surface area contributed by atoms with Crippen LogP contribution in [0.25, 0.3) is 0 Å². The minimum Gasteiger partial charge on any atom is -0.495 e. The van der Waals surface area contributed by atoms with Crippen LogP contribution < -0.4 is 10.1 Å². The average molecular weight is 229 g/mol. The molecular formula is C9H11NO4S. The van der Waals surface area contributed by atoms with E-state index in [0.717, 1.165) is 11.3 Å². The molecule has 0 fully saturated rings. The second kappa shape index (κ2) is 4.79. The second-order valence-corrected chi connectivity index (χ2v) is 3.63. The zero-order chi connectivity index (χ0) is 11.4. The molecule has 6 heteroatoms. The third kappa shape index (κ3) is 2.27. The summed E-state index contributed by atoms with van der Waals surface area (Å²) in [7, 11) is 4.23. The molecule has 15 heavy (non-hydrogen) atoms. The van der Waals surface area contributed by atoms with E-state index in [-0.39, 0.29) is 5.91 Å². The highest BCUT2D eigenvalue weighted by atomic mass is 32.1. The molecule has 0 spiro atoms. The Balaban J connectivity index is 3.11. The summed E-state index contributed by atoms with van der Waals surface area (Å²) in [5.41, 5.74) is 0. The lowest BCUT2D eigenvalue weighted by Gasteiger charge is -1.98. The van der Waals surface area contributed by atoms with Crippen molar-refractivity contribution >= 4 is 23.2 Å². The topological polar surface area (TPSA) is 64.6 Å². The number of rotatable bonds is 3. The smallest absolute Gasteiger partial charge is 0.351 e. The fourth-order valence-electron chi connectivity index (χ4n) is 0.996. The molecule has 5 nitrogen and oxygen atoms in total. The molecule has 1 amide bonds. The number of nitrogens with one attached hydrogen (secondary N) is 1. The summed E-state index contributed by atoms with van der Waals surface area (Å²) in [6, 6.07) is 1.51. The number of hydrogen-bond acceptors (Lipinski definition) is 5. The van der Waals surface area contributed by atoms with E-state index in [0.29, 0.717) is 15.5 Å². The average Bonchev–Trinajstić information content (AvgIpc) is 2.70. The Hall–Kier alpha value is -1.56. The number of methoxy groups -OCH3 is 2. The lowest BCUT2D eigenvalue weighted by molar-refractivity contribution is 0.0603. The summed E-state index contributed by atoms with van der Waals surface area (Å²) in [4.78, 5) is 23.3. The number of carbonyl (C=O) groups excluding carboxylic acids is 2. The summed E-state index contributed by atoms with van der Waals surface area (Å²) >= 11 is 1.04. The highest BCUT2D eigenvalue weighted by Crippen LogP contribution is 2.29. The first-order valence-corrected chi connectivity index (χ1v) is 4.94. The van der Waals surface area contributed by atoms with Crippen molar-refractivity contribution in [2.75, 3.05) is 21.3 Å². The van der Waals surface area contributed by atoms with Gasteiger partial charge in [0.05, 0.1) is 19.1 Å². The molecule has 0 aliphatic heterocycles. The van der Waals surface area contributed by atoms with Crippen LogP contribution >= 0.6 is 11.3 Å². The van der Waals surface area contributed by atoms with Crippen molar-refractivity contribution in [1.29, 1.82) is 0 Å². The quantitative estimate of drug-likeness (QED) is 0.782. The Bertz CT molecular complexity index is 385. The van der Waals surface area contributed by atoms with E-state index in [1.54, 1.807) is 0 Å². The molecule has 0 saturated heterocycles. The van der Waals surface area contributed by atoms with Gasteiger partial charge in [0.1, 0.15) is 5.75 Å². The number of carbonyl (C=O) groups is 2. The third-order valence-corrected chi connectivity index (χ3v) is 2.83. The molecule has 1 N–H and O–H groups in total. The van der Waals surface area contributed by atoms with Crippen molar-refractivity contribution in [2.24, 2.45) is 0 Å². The van der Waals surface area contributed by atoms with Crippen molar-refractivity contribution in [3.05, 3.63) is 15.8 Å². The Morgan fingerprint density at radius 3 is 2.53 bits per heavy atom. The Morgan fingerprint density at radius 1 is 1.40 bits per heavy atom. The van der Waals surface area contributed by atoms with Crippen LogP contribution in [0.15, 0.2) is 6.07 Å².